The first-order valence-electron chi connectivity index (χ1n) is 5.30. The molecular formula is C12H12IN3O. The molecule has 2 aromatic rings. The molecule has 0 aromatic carbocycles. The standard InChI is InChI=1S/C12H12IN3O/c1-3-10-11(5-4-8(2)16-10)17-12-9(13)6-14-7-15-12/h4-7H,3H2,1-2H3. The third-order valence-corrected chi connectivity index (χ3v) is 2.99. The van der Waals surface area contributed by atoms with Gasteiger partial charge in [-0.25, -0.2) is 9.97 Å². The van der Waals surface area contributed by atoms with Gasteiger partial charge in [-0.15, -0.1) is 0 Å². The summed E-state index contributed by atoms with van der Waals surface area (Å²) in [5.41, 5.74) is 1.94. The number of rotatable bonds is 3. The Bertz CT molecular complexity index is 531. The SMILES string of the molecule is CCc1nc(C)ccc1Oc1ncncc1I. The van der Waals surface area contributed by atoms with Crippen LogP contribution in [0.2, 0.25) is 0 Å². The van der Waals surface area contributed by atoms with Crippen LogP contribution >= 0.6 is 22.6 Å². The fourth-order valence-electron chi connectivity index (χ4n) is 1.42. The first-order chi connectivity index (χ1) is 8.20. The van der Waals surface area contributed by atoms with Gasteiger partial charge in [0.05, 0.1) is 9.26 Å². The number of hydrogen-bond donors (Lipinski definition) is 0. The van der Waals surface area contributed by atoms with E-state index < -0.39 is 0 Å². The van der Waals surface area contributed by atoms with Crippen molar-refractivity contribution in [3.8, 4) is 11.6 Å². The highest BCUT2D eigenvalue weighted by Gasteiger charge is 2.08. The van der Waals surface area contributed by atoms with E-state index in [-0.39, 0.29) is 0 Å². The summed E-state index contributed by atoms with van der Waals surface area (Å²) in [6.07, 6.45) is 4.03. The quantitative estimate of drug-likeness (QED) is 0.805. The van der Waals surface area contributed by atoms with Crippen LogP contribution in [0.4, 0.5) is 0 Å². The van der Waals surface area contributed by atoms with Gasteiger partial charge in [0.1, 0.15) is 6.33 Å². The normalized spacial score (nSPS) is 10.3. The molecule has 17 heavy (non-hydrogen) atoms. The zero-order chi connectivity index (χ0) is 12.3. The summed E-state index contributed by atoms with van der Waals surface area (Å²) in [6, 6.07) is 3.86. The third-order valence-electron chi connectivity index (χ3n) is 2.25. The lowest BCUT2D eigenvalue weighted by atomic mass is 10.2. The van der Waals surface area contributed by atoms with E-state index in [0.29, 0.717) is 5.88 Å². The summed E-state index contributed by atoms with van der Waals surface area (Å²) in [6.45, 7) is 4.02. The smallest absolute Gasteiger partial charge is 0.235 e. The minimum Gasteiger partial charge on any atom is -0.436 e. The second kappa shape index (κ2) is 5.39. The molecule has 0 unspecified atom stereocenters. The predicted octanol–water partition coefficient (Wildman–Crippen LogP) is 3.14. The monoisotopic (exact) mass is 341 g/mol. The van der Waals surface area contributed by atoms with Crippen LogP contribution in [0.15, 0.2) is 24.7 Å². The first kappa shape index (κ1) is 12.2. The average molecular weight is 341 g/mol. The maximum Gasteiger partial charge on any atom is 0.235 e. The summed E-state index contributed by atoms with van der Waals surface area (Å²) in [5, 5.41) is 0. The molecule has 0 bridgehead atoms. The van der Waals surface area contributed by atoms with Gasteiger partial charge >= 0.3 is 0 Å². The minimum absolute atomic E-state index is 0.570. The summed E-state index contributed by atoms with van der Waals surface area (Å²) < 4.78 is 6.65. The number of hydrogen-bond acceptors (Lipinski definition) is 4. The first-order valence-corrected chi connectivity index (χ1v) is 6.38. The van der Waals surface area contributed by atoms with Gasteiger partial charge in [-0.3, -0.25) is 4.98 Å². The van der Waals surface area contributed by atoms with E-state index in [1.807, 2.05) is 19.1 Å². The van der Waals surface area contributed by atoms with Crippen LogP contribution in [0.3, 0.4) is 0 Å². The van der Waals surface area contributed by atoms with Gasteiger partial charge in [-0.2, -0.15) is 0 Å². The van der Waals surface area contributed by atoms with Crippen LogP contribution in [-0.2, 0) is 6.42 Å². The molecule has 0 radical (unpaired) electrons. The van der Waals surface area contributed by atoms with Crippen LogP contribution in [0.1, 0.15) is 18.3 Å². The van der Waals surface area contributed by atoms with Gasteiger partial charge < -0.3 is 4.74 Å². The third kappa shape index (κ3) is 2.91. The zero-order valence-corrected chi connectivity index (χ0v) is 11.8. The molecule has 0 aliphatic heterocycles. The molecule has 0 atom stereocenters. The number of pyridine rings is 1. The van der Waals surface area contributed by atoms with Crippen molar-refractivity contribution in [2.75, 3.05) is 0 Å². The van der Waals surface area contributed by atoms with Crippen LogP contribution in [0.25, 0.3) is 0 Å². The summed E-state index contributed by atoms with van der Waals surface area (Å²) in [4.78, 5) is 12.5. The highest BCUT2D eigenvalue weighted by atomic mass is 127. The van der Waals surface area contributed by atoms with E-state index in [1.54, 1.807) is 6.20 Å². The lowest BCUT2D eigenvalue weighted by molar-refractivity contribution is 0.449. The van der Waals surface area contributed by atoms with E-state index in [1.165, 1.54) is 6.33 Å². The van der Waals surface area contributed by atoms with Crippen LogP contribution < -0.4 is 4.74 Å². The summed E-state index contributed by atoms with van der Waals surface area (Å²) in [5.74, 6) is 1.33. The summed E-state index contributed by atoms with van der Waals surface area (Å²) >= 11 is 2.15. The van der Waals surface area contributed by atoms with Crippen LogP contribution in [0, 0.1) is 10.5 Å². The predicted molar refractivity (Wildman–Crippen MR) is 73.2 cm³/mol. The fourth-order valence-corrected chi connectivity index (χ4v) is 1.83. The van der Waals surface area contributed by atoms with E-state index >= 15 is 0 Å². The number of nitrogens with zero attached hydrogens (tertiary/aromatic N) is 3. The molecule has 0 saturated carbocycles. The Kier molecular flexibility index (Phi) is 3.88. The van der Waals surface area contributed by atoms with Crippen molar-refractivity contribution in [1.82, 2.24) is 15.0 Å². The van der Waals surface area contributed by atoms with Gasteiger partial charge in [-0.1, -0.05) is 6.92 Å². The highest BCUT2D eigenvalue weighted by Crippen LogP contribution is 2.26. The number of halogens is 1. The molecule has 0 aliphatic rings. The number of ether oxygens (including phenoxy) is 1. The topological polar surface area (TPSA) is 47.9 Å². The van der Waals surface area contributed by atoms with Crippen molar-refractivity contribution in [1.29, 1.82) is 0 Å². The lowest BCUT2D eigenvalue weighted by Gasteiger charge is -2.09. The Morgan fingerprint density at radius 3 is 2.88 bits per heavy atom. The molecule has 88 valence electrons. The van der Waals surface area contributed by atoms with E-state index in [4.69, 9.17) is 4.74 Å². The molecule has 2 heterocycles. The van der Waals surface area contributed by atoms with E-state index in [9.17, 15) is 0 Å². The maximum absolute atomic E-state index is 5.77. The Hall–Kier alpha value is -1.24. The van der Waals surface area contributed by atoms with Gasteiger partial charge in [0, 0.05) is 11.9 Å². The van der Waals surface area contributed by atoms with Crippen molar-refractivity contribution in [3.63, 3.8) is 0 Å². The molecule has 4 nitrogen and oxygen atoms in total. The minimum atomic E-state index is 0.570. The molecule has 5 heteroatoms. The van der Waals surface area contributed by atoms with Gasteiger partial charge in [0.15, 0.2) is 5.75 Å². The van der Waals surface area contributed by atoms with E-state index in [0.717, 1.165) is 27.1 Å². The molecule has 2 rings (SSSR count). The van der Waals surface area contributed by atoms with Crippen molar-refractivity contribution in [2.24, 2.45) is 0 Å². The molecule has 0 aliphatic carbocycles. The van der Waals surface area contributed by atoms with Crippen molar-refractivity contribution in [2.45, 2.75) is 20.3 Å². The van der Waals surface area contributed by atoms with Crippen LogP contribution in [-0.4, -0.2) is 15.0 Å². The Labute approximate surface area is 114 Å². The molecule has 0 saturated heterocycles. The Balaban J connectivity index is 2.33. The zero-order valence-electron chi connectivity index (χ0n) is 9.64. The maximum atomic E-state index is 5.77. The average Bonchev–Trinajstić information content (AvgIpc) is 2.34. The largest absolute Gasteiger partial charge is 0.436 e. The van der Waals surface area contributed by atoms with Gasteiger partial charge in [0.2, 0.25) is 5.88 Å². The molecule has 0 fully saturated rings. The molecule has 0 spiro atoms. The van der Waals surface area contributed by atoms with Crippen LogP contribution in [0.5, 0.6) is 11.6 Å². The van der Waals surface area contributed by atoms with Crippen molar-refractivity contribution >= 4 is 22.6 Å². The molecule has 0 amide bonds. The fraction of sp³-hybridized carbons (Fsp3) is 0.250. The van der Waals surface area contributed by atoms with E-state index in [2.05, 4.69) is 44.5 Å². The Morgan fingerprint density at radius 1 is 1.35 bits per heavy atom. The highest BCUT2D eigenvalue weighted by molar-refractivity contribution is 14.1. The van der Waals surface area contributed by atoms with Gasteiger partial charge in [-0.05, 0) is 48.1 Å². The lowest BCUT2D eigenvalue weighted by Crippen LogP contribution is -1.98. The van der Waals surface area contributed by atoms with Crippen molar-refractivity contribution < 1.29 is 4.74 Å². The summed E-state index contributed by atoms with van der Waals surface area (Å²) in [7, 11) is 0. The van der Waals surface area contributed by atoms with Gasteiger partial charge in [0.25, 0.3) is 0 Å². The molecule has 0 N–H and O–H groups in total. The molecule has 2 aromatic heterocycles. The molecular weight excluding hydrogens is 329 g/mol. The number of aromatic nitrogens is 3. The Morgan fingerprint density at radius 2 is 2.18 bits per heavy atom. The second-order valence-electron chi connectivity index (χ2n) is 3.53. The second-order valence-corrected chi connectivity index (χ2v) is 4.69. The number of aryl methyl sites for hydroxylation is 2. The van der Waals surface area contributed by atoms with Crippen molar-refractivity contribution in [3.05, 3.63) is 39.6 Å².